The minimum atomic E-state index is -2.04. The van der Waals surface area contributed by atoms with Gasteiger partial charge in [0.05, 0.1) is 38.3 Å². The summed E-state index contributed by atoms with van der Waals surface area (Å²) < 4.78 is 0. The zero-order chi connectivity index (χ0) is 95.1. The van der Waals surface area contributed by atoms with Crippen molar-refractivity contribution in [1.82, 2.24) is 83.9 Å². The Bertz CT molecular complexity index is 4760. The molecular weight excluding hydrogens is 1680 g/mol. The molecule has 0 aliphatic carbocycles. The smallest absolute Gasteiger partial charge is 0.305 e. The first-order valence-electron chi connectivity index (χ1n) is 42.2. The second-order valence-corrected chi connectivity index (χ2v) is 34.8. The van der Waals surface area contributed by atoms with E-state index in [0.29, 0.717) is 39.4 Å². The molecule has 696 valence electrons. The molecule has 5 aromatic rings. The Morgan fingerprint density at radius 3 is 1.39 bits per heavy atom. The van der Waals surface area contributed by atoms with Gasteiger partial charge in [0.15, 0.2) is 0 Å². The molecule has 1 aliphatic heterocycles. The Morgan fingerprint density at radius 1 is 0.461 bits per heavy atom. The van der Waals surface area contributed by atoms with Gasteiger partial charge < -0.3 is 111 Å². The molecule has 0 spiro atoms. The average molecular weight is 1800 g/mol. The number of nitrogens with one attached hydrogen (secondary N) is 14. The van der Waals surface area contributed by atoms with Crippen molar-refractivity contribution < 1.29 is 102 Å². The summed E-state index contributed by atoms with van der Waals surface area (Å²) in [4.78, 5) is 261. The second kappa shape index (κ2) is 49.8. The summed E-state index contributed by atoms with van der Waals surface area (Å²) in [7, 11) is 2.47. The van der Waals surface area contributed by atoms with E-state index < -0.39 is 247 Å². The van der Waals surface area contributed by atoms with Crippen LogP contribution in [0.4, 0.5) is 0 Å². The molecule has 21 N–H and O–H groups in total. The zero-order valence-electron chi connectivity index (χ0n) is 74.1. The molecule has 0 bridgehead atoms. The fourth-order valence-electron chi connectivity index (χ4n) is 14.0. The highest BCUT2D eigenvalue weighted by Crippen LogP contribution is 2.24. The molecule has 4 aromatic carbocycles. The van der Waals surface area contributed by atoms with E-state index in [0.717, 1.165) is 20.9 Å². The quantitative estimate of drug-likeness (QED) is 0.0366. The highest BCUT2D eigenvalue weighted by molar-refractivity contribution is 8.00. The van der Waals surface area contributed by atoms with Gasteiger partial charge in [-0.05, 0) is 102 Å². The minimum absolute atomic E-state index is 0.0978. The first-order valence-corrected chi connectivity index (χ1v) is 43.3. The number of benzene rings is 4. The maximum Gasteiger partial charge on any atom is 0.305 e. The van der Waals surface area contributed by atoms with Crippen molar-refractivity contribution in [2.24, 2.45) is 41.1 Å². The van der Waals surface area contributed by atoms with Crippen molar-refractivity contribution >= 4 is 129 Å². The number of amides is 17. The van der Waals surface area contributed by atoms with Crippen molar-refractivity contribution in [3.05, 3.63) is 126 Å². The number of aromatic hydroxyl groups is 1. The van der Waals surface area contributed by atoms with Crippen LogP contribution in [0.1, 0.15) is 125 Å². The number of carboxylic acids is 1. The number of H-pyrrole nitrogens is 1. The van der Waals surface area contributed by atoms with E-state index in [2.05, 4.69) is 74.1 Å². The molecule has 13 atom stereocenters. The van der Waals surface area contributed by atoms with Crippen LogP contribution in [-0.4, -0.2) is 260 Å². The average Bonchev–Trinajstić information content (AvgIpc) is 1.39. The topological polar surface area (TPSA) is 599 Å². The third kappa shape index (κ3) is 32.8. The molecule has 1 aliphatic rings. The van der Waals surface area contributed by atoms with Gasteiger partial charge in [0.2, 0.25) is 100 Å². The Labute approximate surface area is 746 Å². The van der Waals surface area contributed by atoms with Crippen molar-refractivity contribution in [2.45, 2.75) is 206 Å². The van der Waals surface area contributed by atoms with Gasteiger partial charge in [-0.1, -0.05) is 154 Å². The lowest BCUT2D eigenvalue weighted by Gasteiger charge is -2.33. The number of para-hydroxylation sites is 1. The van der Waals surface area contributed by atoms with Gasteiger partial charge in [0, 0.05) is 56.2 Å². The van der Waals surface area contributed by atoms with E-state index >= 15 is 19.2 Å². The molecule has 1 fully saturated rings. The number of likely N-dealkylation sites (N-methyl/N-ethyl adjacent to an activating group) is 2. The van der Waals surface area contributed by atoms with Crippen LogP contribution in [0.2, 0.25) is 0 Å². The number of thioether (sulfide) groups is 1. The number of aromatic amines is 1. The van der Waals surface area contributed by atoms with Crippen molar-refractivity contribution in [2.75, 3.05) is 45.3 Å². The van der Waals surface area contributed by atoms with Gasteiger partial charge in [0.1, 0.15) is 84.3 Å². The number of carboxylic acid groups (broad SMARTS) is 1. The number of aliphatic carboxylic acids is 1. The number of hydrogen-bond acceptors (Lipinski definition) is 21. The number of carbonyl (C=O) groups is 18. The molecule has 40 heteroatoms. The van der Waals surface area contributed by atoms with Crippen LogP contribution < -0.4 is 80.6 Å². The molecule has 0 unspecified atom stereocenters. The Balaban J connectivity index is 1.45. The van der Waals surface area contributed by atoms with E-state index in [9.17, 15) is 82.4 Å². The number of phenolic OH excluding ortho intramolecular Hbond substituents is 1. The normalized spacial score (nSPS) is 23.3. The molecule has 39 nitrogen and oxygen atoms in total. The van der Waals surface area contributed by atoms with Crippen molar-refractivity contribution in [1.29, 1.82) is 0 Å². The molecule has 0 saturated carbocycles. The lowest BCUT2D eigenvalue weighted by atomic mass is 9.97. The number of aliphatic hydroxyl groups is 1. The summed E-state index contributed by atoms with van der Waals surface area (Å²) in [6, 6.07) is 7.51. The third-order valence-electron chi connectivity index (χ3n) is 20.9. The summed E-state index contributed by atoms with van der Waals surface area (Å²) in [5.41, 5.74) is 14.4. The molecule has 128 heavy (non-hydrogen) atoms. The summed E-state index contributed by atoms with van der Waals surface area (Å²) in [6.07, 6.45) is -1.72. The SMILES string of the molecule is CC(C)C[C@@H]1NC(=O)CSC[C@@H](C(=O)NCC(N)=O)NC(=O)[C@H](CO)NC(=O)[C@H](C(C)C)NC(=O)[C@H](CC(C)C)NC(=O)[C@H](CC(N)=O)NC(=O)CN(C)C(=O)[C@H](C)N(C)C(=O)[C@H](C(C)C)NC(=O)[C@H](Cc2ccc(-c3ccccc3)cc2)NC(=O)[C@H](CC(C)C)NC(=O)[C@H](Cc2c[nH]c3ccccc23)NC(=O)[C@H](CC(=O)O)NC(=O)[C@H](Cc2ccc(O)cc2)NC1=O. The van der Waals surface area contributed by atoms with Crippen molar-refractivity contribution in [3.63, 3.8) is 0 Å². The number of hydrogen-bond donors (Lipinski definition) is 19. The Hall–Kier alpha value is -13.0. The first kappa shape index (κ1) is 104. The lowest BCUT2D eigenvalue weighted by Crippen LogP contribution is -2.61. The second-order valence-electron chi connectivity index (χ2n) is 33.7. The number of rotatable bonds is 23. The number of phenols is 1. The van der Waals surface area contributed by atoms with Crippen LogP contribution in [-0.2, 0) is 106 Å². The monoisotopic (exact) mass is 1800 g/mol. The molecular formula is C88H122N18O21S. The third-order valence-corrected chi connectivity index (χ3v) is 21.9. The summed E-state index contributed by atoms with van der Waals surface area (Å²) in [5, 5.41) is 64.9. The number of aliphatic hydroxyl groups excluding tert-OH is 1. The van der Waals surface area contributed by atoms with Crippen LogP contribution in [0, 0.1) is 29.6 Å². The van der Waals surface area contributed by atoms with E-state index in [1.54, 1.807) is 110 Å². The van der Waals surface area contributed by atoms with Crippen molar-refractivity contribution in [3.8, 4) is 16.9 Å². The predicted octanol–water partition coefficient (Wildman–Crippen LogP) is -1.17. The molecule has 2 heterocycles. The number of primary amides is 2. The highest BCUT2D eigenvalue weighted by atomic mass is 32.2. The highest BCUT2D eigenvalue weighted by Gasteiger charge is 2.41. The number of carbonyl (C=O) groups excluding carboxylic acids is 17. The van der Waals surface area contributed by atoms with E-state index in [1.165, 1.54) is 59.1 Å². The van der Waals surface area contributed by atoms with E-state index in [1.807, 2.05) is 30.3 Å². The van der Waals surface area contributed by atoms with Gasteiger partial charge in [-0.25, -0.2) is 0 Å². The van der Waals surface area contributed by atoms with Crippen LogP contribution in [0.5, 0.6) is 5.75 Å². The molecule has 17 amide bonds. The largest absolute Gasteiger partial charge is 0.508 e. The standard InChI is InChI=1S/C88H122N18O21S/c1-45(2)31-59-77(116)97-62(35-52-25-29-56(108)30-26-52)79(118)100-66(38-73(113)114)82(121)99-64(36-55-39-91-58-22-18-17-21-57(55)58)80(119)95-60(32-46(3)4)78(117)98-63(34-51-23-27-54(28-24-51)53-19-15-14-16-20-53)84(123)104-75(49(9)10)88(127)106(13)50(11)87(126)105(12)41-71(111)93-65(37-69(89)109)81(120)96-61(33-47(5)6)83(122)103-74(48(7)8)86(125)101-67(42-107)85(124)102-68(43-128-44-72(112)94-59)76(115)92-40-70(90)110/h14-30,39,45-50,59-68,74-75,91,107-108H,31-38,40-44H2,1-13H3,(H2,89,109)(H2,90,110)(H,92,115)(H,93,111)(H,94,112)(H,95,119)(H,96,120)(H,97,116)(H,98,117)(H,99,121)(H,100,118)(H,101,125)(H,102,124)(H,103,122)(H,104,123)(H,113,114)/t50-,59-,60-,61-,62-,63-,64-,65-,66-,67-,68-,74-,75-/m0/s1. The van der Waals surface area contributed by atoms with E-state index in [4.69, 9.17) is 11.5 Å². The van der Waals surface area contributed by atoms with Gasteiger partial charge in [-0.15, -0.1) is 11.8 Å². The molecule has 6 rings (SSSR count). The molecule has 0 radical (unpaired) electrons. The maximum absolute atomic E-state index is 15.4. The Kier molecular flexibility index (Phi) is 40.4. The summed E-state index contributed by atoms with van der Waals surface area (Å²) in [6.45, 7) is 15.1. The van der Waals surface area contributed by atoms with Crippen LogP contribution in [0.25, 0.3) is 22.0 Å². The Morgan fingerprint density at radius 2 is 0.883 bits per heavy atom. The van der Waals surface area contributed by atoms with Crippen LogP contribution in [0.3, 0.4) is 0 Å². The van der Waals surface area contributed by atoms with Gasteiger partial charge in [0.25, 0.3) is 0 Å². The number of nitrogens with zero attached hydrogens (tertiary/aromatic N) is 2. The number of aromatic nitrogens is 1. The fourth-order valence-corrected chi connectivity index (χ4v) is 14.8. The van der Waals surface area contributed by atoms with Crippen LogP contribution in [0.15, 0.2) is 109 Å². The van der Waals surface area contributed by atoms with Gasteiger partial charge >= 0.3 is 5.97 Å². The van der Waals surface area contributed by atoms with Crippen LogP contribution >= 0.6 is 11.8 Å². The maximum atomic E-state index is 15.4. The number of fused-ring (bicyclic) bond motifs is 1. The minimum Gasteiger partial charge on any atom is -0.508 e. The first-order chi connectivity index (χ1) is 60.3. The van der Waals surface area contributed by atoms with E-state index in [-0.39, 0.29) is 55.6 Å². The summed E-state index contributed by atoms with van der Waals surface area (Å²) in [5.74, 6) is -22.8. The predicted molar refractivity (Wildman–Crippen MR) is 473 cm³/mol. The van der Waals surface area contributed by atoms with Gasteiger partial charge in [-0.3, -0.25) is 86.3 Å². The molecule has 1 saturated heterocycles. The fraction of sp³-hybridized carbons (Fsp3) is 0.500. The zero-order valence-corrected chi connectivity index (χ0v) is 74.9. The summed E-state index contributed by atoms with van der Waals surface area (Å²) >= 11 is 0.714. The van der Waals surface area contributed by atoms with Gasteiger partial charge in [-0.2, -0.15) is 0 Å². The molecule has 1 aromatic heterocycles. The number of nitrogens with two attached hydrogens (primary N) is 2. The lowest BCUT2D eigenvalue weighted by molar-refractivity contribution is -0.147.